The van der Waals surface area contributed by atoms with Crippen molar-refractivity contribution in [3.8, 4) is 11.8 Å². The summed E-state index contributed by atoms with van der Waals surface area (Å²) in [5, 5.41) is 23.8. The molecule has 0 radical (unpaired) electrons. The van der Waals surface area contributed by atoms with Crippen LogP contribution < -0.4 is 10.1 Å². The molecule has 158 valence electrons. The molecule has 0 spiro atoms. The normalized spacial score (nSPS) is 20.2. The summed E-state index contributed by atoms with van der Waals surface area (Å²) in [5.74, 6) is 1.23. The average Bonchev–Trinajstić information content (AvgIpc) is 2.75. The first-order chi connectivity index (χ1) is 14.0. The minimum Gasteiger partial charge on any atom is -0.497 e. The SMILES string of the molecule is CCO/C(=C\OCCC=O)CNC1c2cc(C#N)ccc2OC(CC)(CC)C1O. The monoisotopic (exact) mass is 402 g/mol. The lowest BCUT2D eigenvalue weighted by Crippen LogP contribution is -2.55. The summed E-state index contributed by atoms with van der Waals surface area (Å²) in [6.07, 6.45) is 3.07. The summed E-state index contributed by atoms with van der Waals surface area (Å²) in [6, 6.07) is 6.95. The molecule has 0 aliphatic carbocycles. The van der Waals surface area contributed by atoms with E-state index in [0.29, 0.717) is 49.5 Å². The maximum absolute atomic E-state index is 11.2. The zero-order chi connectivity index (χ0) is 21.3. The molecular formula is C22H30N2O5. The molecule has 0 fully saturated rings. The third-order valence-corrected chi connectivity index (χ3v) is 5.23. The van der Waals surface area contributed by atoms with Crippen molar-refractivity contribution in [1.82, 2.24) is 5.32 Å². The molecule has 29 heavy (non-hydrogen) atoms. The summed E-state index contributed by atoms with van der Waals surface area (Å²) in [5.41, 5.74) is 0.533. The van der Waals surface area contributed by atoms with E-state index in [-0.39, 0.29) is 6.61 Å². The third kappa shape index (κ3) is 5.28. The van der Waals surface area contributed by atoms with Crippen LogP contribution in [0.3, 0.4) is 0 Å². The van der Waals surface area contributed by atoms with Gasteiger partial charge < -0.3 is 29.4 Å². The first-order valence-corrected chi connectivity index (χ1v) is 10.1. The van der Waals surface area contributed by atoms with Crippen LogP contribution in [-0.2, 0) is 14.3 Å². The van der Waals surface area contributed by atoms with Crippen LogP contribution in [0.1, 0.15) is 57.2 Å². The highest BCUT2D eigenvalue weighted by Crippen LogP contribution is 2.43. The second kappa shape index (κ2) is 10.8. The number of benzene rings is 1. The predicted octanol–water partition coefficient (Wildman–Crippen LogP) is 2.98. The van der Waals surface area contributed by atoms with E-state index in [0.717, 1.165) is 11.8 Å². The van der Waals surface area contributed by atoms with Crippen LogP contribution in [0, 0.1) is 11.3 Å². The molecule has 0 saturated carbocycles. The predicted molar refractivity (Wildman–Crippen MR) is 108 cm³/mol. The molecule has 0 bridgehead atoms. The van der Waals surface area contributed by atoms with E-state index >= 15 is 0 Å². The Morgan fingerprint density at radius 1 is 1.38 bits per heavy atom. The number of nitrogens with one attached hydrogen (secondary N) is 1. The Kier molecular flexibility index (Phi) is 8.50. The smallest absolute Gasteiger partial charge is 0.144 e. The topological polar surface area (TPSA) is 101 Å². The van der Waals surface area contributed by atoms with E-state index in [2.05, 4.69) is 11.4 Å². The number of hydrogen-bond donors (Lipinski definition) is 2. The lowest BCUT2D eigenvalue weighted by molar-refractivity contribution is -0.108. The van der Waals surface area contributed by atoms with E-state index < -0.39 is 17.7 Å². The summed E-state index contributed by atoms with van der Waals surface area (Å²) >= 11 is 0. The van der Waals surface area contributed by atoms with Gasteiger partial charge in [-0.3, -0.25) is 0 Å². The second-order valence-corrected chi connectivity index (χ2v) is 6.89. The molecule has 1 aliphatic heterocycles. The summed E-state index contributed by atoms with van der Waals surface area (Å²) < 4.78 is 17.2. The van der Waals surface area contributed by atoms with Crippen molar-refractivity contribution in [3.63, 3.8) is 0 Å². The third-order valence-electron chi connectivity index (χ3n) is 5.23. The second-order valence-electron chi connectivity index (χ2n) is 6.89. The standard InChI is InChI=1S/C22H30N2O5/c1-4-22(5-2)21(26)20(18-12-16(13-23)8-9-19(18)29-22)24-14-17(28-6-3)15-27-11-7-10-25/h8-10,12,15,20-21,24,26H,4-7,11,14H2,1-3H3/b17-15-. The van der Waals surface area contributed by atoms with E-state index in [1.807, 2.05) is 20.8 Å². The average molecular weight is 402 g/mol. The number of fused-ring (bicyclic) bond motifs is 1. The number of carbonyl (C=O) groups is 1. The van der Waals surface area contributed by atoms with Gasteiger partial charge in [0.05, 0.1) is 37.4 Å². The molecule has 1 heterocycles. The number of rotatable bonds is 11. The Balaban J connectivity index is 2.28. The summed E-state index contributed by atoms with van der Waals surface area (Å²) in [4.78, 5) is 10.4. The van der Waals surface area contributed by atoms with Crippen LogP contribution in [0.2, 0.25) is 0 Å². The zero-order valence-corrected chi connectivity index (χ0v) is 17.3. The van der Waals surface area contributed by atoms with Crippen molar-refractivity contribution in [3.05, 3.63) is 41.3 Å². The number of nitrogens with zero attached hydrogens (tertiary/aromatic N) is 1. The van der Waals surface area contributed by atoms with Crippen LogP contribution in [0.5, 0.6) is 5.75 Å². The largest absolute Gasteiger partial charge is 0.497 e. The van der Waals surface area contributed by atoms with Crippen LogP contribution in [0.25, 0.3) is 0 Å². The van der Waals surface area contributed by atoms with Crippen molar-refractivity contribution >= 4 is 6.29 Å². The minimum absolute atomic E-state index is 0.281. The van der Waals surface area contributed by atoms with Crippen LogP contribution >= 0.6 is 0 Å². The van der Waals surface area contributed by atoms with Gasteiger partial charge in [-0.15, -0.1) is 0 Å². The molecule has 7 heteroatoms. The van der Waals surface area contributed by atoms with Crippen molar-refractivity contribution < 1.29 is 24.1 Å². The number of nitriles is 1. The molecule has 0 amide bonds. The number of carbonyl (C=O) groups excluding carboxylic acids is 1. The highest BCUT2D eigenvalue weighted by molar-refractivity contribution is 5.49. The van der Waals surface area contributed by atoms with Gasteiger partial charge in [-0.2, -0.15) is 5.26 Å². The van der Waals surface area contributed by atoms with Gasteiger partial charge in [0.2, 0.25) is 0 Å². The van der Waals surface area contributed by atoms with Gasteiger partial charge in [0, 0.05) is 12.0 Å². The van der Waals surface area contributed by atoms with Crippen molar-refractivity contribution in [2.45, 2.75) is 57.8 Å². The highest BCUT2D eigenvalue weighted by Gasteiger charge is 2.47. The number of ether oxygens (including phenoxy) is 3. The molecule has 2 rings (SSSR count). The molecule has 2 N–H and O–H groups in total. The van der Waals surface area contributed by atoms with Gasteiger partial charge in [-0.25, -0.2) is 0 Å². The van der Waals surface area contributed by atoms with E-state index in [1.54, 1.807) is 18.2 Å². The molecule has 2 atom stereocenters. The Hall–Kier alpha value is -2.56. The first kappa shape index (κ1) is 22.7. The lowest BCUT2D eigenvalue weighted by atomic mass is 9.80. The summed E-state index contributed by atoms with van der Waals surface area (Å²) in [6.45, 7) is 6.91. The zero-order valence-electron chi connectivity index (χ0n) is 17.3. The molecule has 2 unspecified atom stereocenters. The van der Waals surface area contributed by atoms with Crippen LogP contribution in [0.4, 0.5) is 0 Å². The highest BCUT2D eigenvalue weighted by atomic mass is 16.5. The fraction of sp³-hybridized carbons (Fsp3) is 0.545. The maximum Gasteiger partial charge on any atom is 0.144 e. The Morgan fingerprint density at radius 3 is 2.76 bits per heavy atom. The molecule has 1 aliphatic rings. The molecule has 7 nitrogen and oxygen atoms in total. The molecular weight excluding hydrogens is 372 g/mol. The Bertz CT molecular complexity index is 752. The summed E-state index contributed by atoms with van der Waals surface area (Å²) in [7, 11) is 0. The van der Waals surface area contributed by atoms with E-state index in [1.165, 1.54) is 6.26 Å². The molecule has 0 saturated heterocycles. The van der Waals surface area contributed by atoms with Gasteiger partial charge in [-0.1, -0.05) is 13.8 Å². The number of aliphatic hydroxyl groups excluding tert-OH is 1. The van der Waals surface area contributed by atoms with E-state index in [9.17, 15) is 15.2 Å². The van der Waals surface area contributed by atoms with Crippen molar-refractivity contribution in [1.29, 1.82) is 5.26 Å². The quantitative estimate of drug-likeness (QED) is 0.333. The number of aldehydes is 1. The maximum atomic E-state index is 11.2. The molecule has 1 aromatic rings. The van der Waals surface area contributed by atoms with Crippen LogP contribution in [0.15, 0.2) is 30.2 Å². The fourth-order valence-electron chi connectivity index (χ4n) is 3.53. The van der Waals surface area contributed by atoms with E-state index in [4.69, 9.17) is 14.2 Å². The lowest BCUT2D eigenvalue weighted by Gasteiger charge is -2.46. The van der Waals surface area contributed by atoms with Gasteiger partial charge in [0.15, 0.2) is 0 Å². The number of hydrogen-bond acceptors (Lipinski definition) is 7. The van der Waals surface area contributed by atoms with Gasteiger partial charge in [0.1, 0.15) is 35.8 Å². The Labute approximate surface area is 172 Å². The Morgan fingerprint density at radius 2 is 2.14 bits per heavy atom. The van der Waals surface area contributed by atoms with Crippen molar-refractivity contribution in [2.24, 2.45) is 0 Å². The van der Waals surface area contributed by atoms with Gasteiger partial charge >= 0.3 is 0 Å². The van der Waals surface area contributed by atoms with Gasteiger partial charge in [0.25, 0.3) is 0 Å². The minimum atomic E-state index is -0.808. The molecule has 1 aromatic carbocycles. The first-order valence-electron chi connectivity index (χ1n) is 10.1. The van der Waals surface area contributed by atoms with Gasteiger partial charge in [-0.05, 0) is 38.0 Å². The fourth-order valence-corrected chi connectivity index (χ4v) is 3.53. The number of aliphatic hydroxyl groups is 1. The molecule has 0 aromatic heterocycles. The van der Waals surface area contributed by atoms with Crippen LogP contribution in [-0.4, -0.2) is 42.9 Å². The van der Waals surface area contributed by atoms with Crippen molar-refractivity contribution in [2.75, 3.05) is 19.8 Å².